The lowest BCUT2D eigenvalue weighted by Gasteiger charge is -2.16. The third-order valence-electron chi connectivity index (χ3n) is 4.62. The van der Waals surface area contributed by atoms with Crippen molar-refractivity contribution in [3.05, 3.63) is 64.2 Å². The van der Waals surface area contributed by atoms with Crippen LogP contribution in [0.1, 0.15) is 36.1 Å². The molecule has 3 rings (SSSR count). The van der Waals surface area contributed by atoms with Gasteiger partial charge in [0.1, 0.15) is 23.0 Å². The maximum Gasteiger partial charge on any atom is 0.266 e. The summed E-state index contributed by atoms with van der Waals surface area (Å²) in [6.45, 7) is 8.02. The van der Waals surface area contributed by atoms with Crippen LogP contribution >= 0.6 is 0 Å². The van der Waals surface area contributed by atoms with Gasteiger partial charge in [0, 0.05) is 12.1 Å². The van der Waals surface area contributed by atoms with Gasteiger partial charge in [-0.15, -0.1) is 0 Å². The number of fused-ring (bicyclic) bond motifs is 1. The number of anilines is 1. The third-order valence-corrected chi connectivity index (χ3v) is 4.62. The van der Waals surface area contributed by atoms with Crippen LogP contribution < -0.4 is 10.1 Å². The van der Waals surface area contributed by atoms with Gasteiger partial charge >= 0.3 is 0 Å². The van der Waals surface area contributed by atoms with Gasteiger partial charge in [0.2, 0.25) is 0 Å². The van der Waals surface area contributed by atoms with Crippen molar-refractivity contribution in [3.8, 4) is 11.8 Å². The van der Waals surface area contributed by atoms with Gasteiger partial charge in [-0.05, 0) is 74.2 Å². The molecule has 0 bridgehead atoms. The molecule has 1 aliphatic rings. The van der Waals surface area contributed by atoms with E-state index in [1.807, 2.05) is 70.2 Å². The molecule has 4 heteroatoms. The molecule has 132 valence electrons. The molecular formula is C22H22N2O2. The van der Waals surface area contributed by atoms with Gasteiger partial charge in [-0.1, -0.05) is 18.2 Å². The number of aryl methyl sites for hydroxylation is 1. The number of amides is 1. The first-order chi connectivity index (χ1) is 12.3. The highest BCUT2D eigenvalue weighted by molar-refractivity contribution is 6.10. The van der Waals surface area contributed by atoms with Crippen molar-refractivity contribution in [3.63, 3.8) is 0 Å². The number of nitrogens with zero attached hydrogens (tertiary/aromatic N) is 1. The highest BCUT2D eigenvalue weighted by Gasteiger charge is 2.29. The topological polar surface area (TPSA) is 62.1 Å². The fraction of sp³-hybridized carbons (Fsp3) is 0.273. The zero-order chi connectivity index (χ0) is 18.9. The lowest BCUT2D eigenvalue weighted by molar-refractivity contribution is -0.112. The minimum atomic E-state index is -0.404. The Morgan fingerprint density at radius 3 is 2.77 bits per heavy atom. The van der Waals surface area contributed by atoms with Crippen molar-refractivity contribution in [2.45, 2.75) is 39.7 Å². The number of nitrogens with one attached hydrogen (secondary N) is 1. The molecule has 1 N–H and O–H groups in total. The molecule has 0 unspecified atom stereocenters. The first kappa shape index (κ1) is 17.8. The van der Waals surface area contributed by atoms with Crippen molar-refractivity contribution in [1.82, 2.24) is 0 Å². The van der Waals surface area contributed by atoms with Gasteiger partial charge in [0.15, 0.2) is 0 Å². The Balaban J connectivity index is 1.84. The summed E-state index contributed by atoms with van der Waals surface area (Å²) in [5.41, 5.74) is 4.57. The molecule has 0 saturated carbocycles. The van der Waals surface area contributed by atoms with Crippen molar-refractivity contribution in [2.24, 2.45) is 0 Å². The Labute approximate surface area is 154 Å². The number of carbonyl (C=O) groups excluding carboxylic acids is 1. The fourth-order valence-electron chi connectivity index (χ4n) is 3.11. The molecule has 0 spiro atoms. The normalized spacial score (nSPS) is 15.0. The van der Waals surface area contributed by atoms with Crippen molar-refractivity contribution < 1.29 is 9.53 Å². The molecule has 1 heterocycles. The Morgan fingerprint density at radius 2 is 2.04 bits per heavy atom. The summed E-state index contributed by atoms with van der Waals surface area (Å²) >= 11 is 0. The number of hydrogen-bond acceptors (Lipinski definition) is 3. The van der Waals surface area contributed by atoms with Crippen LogP contribution in [0.5, 0.6) is 5.75 Å². The van der Waals surface area contributed by atoms with E-state index in [1.165, 1.54) is 0 Å². The van der Waals surface area contributed by atoms with E-state index in [0.717, 1.165) is 40.1 Å². The van der Waals surface area contributed by atoms with Crippen LogP contribution in [-0.2, 0) is 11.2 Å². The van der Waals surface area contributed by atoms with E-state index in [2.05, 4.69) is 5.32 Å². The quantitative estimate of drug-likeness (QED) is 0.654. The molecule has 0 atom stereocenters. The summed E-state index contributed by atoms with van der Waals surface area (Å²) < 4.78 is 5.87. The summed E-state index contributed by atoms with van der Waals surface area (Å²) in [6.07, 6.45) is 2.42. The number of ether oxygens (including phenoxy) is 1. The molecular weight excluding hydrogens is 324 g/mol. The number of benzene rings is 2. The molecule has 2 aromatic rings. The van der Waals surface area contributed by atoms with Crippen molar-refractivity contribution in [2.75, 3.05) is 5.32 Å². The van der Waals surface area contributed by atoms with Gasteiger partial charge < -0.3 is 10.1 Å². The van der Waals surface area contributed by atoms with Crippen LogP contribution in [0.4, 0.5) is 5.69 Å². The van der Waals surface area contributed by atoms with Gasteiger partial charge in [-0.3, -0.25) is 4.79 Å². The maximum absolute atomic E-state index is 12.5. The zero-order valence-electron chi connectivity index (χ0n) is 15.5. The summed E-state index contributed by atoms with van der Waals surface area (Å²) in [5.74, 6) is 0.462. The second-order valence-corrected chi connectivity index (χ2v) is 7.28. The SMILES string of the molecule is Cc1cccc(NC(=O)/C(C#N)=C\c2ccc3c(c2)CC(C)(C)O3)c1C. The first-order valence-corrected chi connectivity index (χ1v) is 8.60. The van der Waals surface area contributed by atoms with E-state index in [9.17, 15) is 10.1 Å². The lowest BCUT2D eigenvalue weighted by atomic mass is 9.99. The monoisotopic (exact) mass is 346 g/mol. The largest absolute Gasteiger partial charge is 0.487 e. The molecule has 2 aromatic carbocycles. The maximum atomic E-state index is 12.5. The van der Waals surface area contributed by atoms with Crippen LogP contribution in [0.3, 0.4) is 0 Å². The van der Waals surface area contributed by atoms with Crippen LogP contribution in [-0.4, -0.2) is 11.5 Å². The summed E-state index contributed by atoms with van der Waals surface area (Å²) in [6, 6.07) is 13.5. The van der Waals surface area contributed by atoms with Crippen molar-refractivity contribution in [1.29, 1.82) is 5.26 Å². The standard InChI is InChI=1S/C22H22N2O2/c1-14-6-5-7-19(15(14)2)24-21(25)18(13-23)11-16-8-9-20-17(10-16)12-22(3,4)26-20/h5-11H,12H2,1-4H3,(H,24,25)/b18-11-. The highest BCUT2D eigenvalue weighted by atomic mass is 16.5. The third kappa shape index (κ3) is 3.62. The number of carbonyl (C=O) groups is 1. The van der Waals surface area contributed by atoms with E-state index in [0.29, 0.717) is 0 Å². The summed E-state index contributed by atoms with van der Waals surface area (Å²) in [4.78, 5) is 12.5. The Morgan fingerprint density at radius 1 is 1.27 bits per heavy atom. The second-order valence-electron chi connectivity index (χ2n) is 7.28. The molecule has 0 fully saturated rings. The molecule has 1 aliphatic heterocycles. The van der Waals surface area contributed by atoms with Crippen LogP contribution in [0.15, 0.2) is 42.0 Å². The van der Waals surface area contributed by atoms with E-state index in [-0.39, 0.29) is 11.2 Å². The molecule has 1 amide bonds. The van der Waals surface area contributed by atoms with Gasteiger partial charge in [0.25, 0.3) is 5.91 Å². The van der Waals surface area contributed by atoms with Crippen LogP contribution in [0, 0.1) is 25.2 Å². The lowest BCUT2D eigenvalue weighted by Crippen LogP contribution is -2.24. The number of hydrogen-bond donors (Lipinski definition) is 1. The highest BCUT2D eigenvalue weighted by Crippen LogP contribution is 2.35. The summed E-state index contributed by atoms with van der Waals surface area (Å²) in [5, 5.41) is 12.3. The first-order valence-electron chi connectivity index (χ1n) is 8.60. The Bertz CT molecular complexity index is 949. The average molecular weight is 346 g/mol. The minimum absolute atomic E-state index is 0.0732. The smallest absolute Gasteiger partial charge is 0.266 e. The molecule has 0 aromatic heterocycles. The molecule has 4 nitrogen and oxygen atoms in total. The van der Waals surface area contributed by atoms with E-state index in [4.69, 9.17) is 4.74 Å². The molecule has 0 aliphatic carbocycles. The molecule has 0 saturated heterocycles. The van der Waals surface area contributed by atoms with Crippen molar-refractivity contribution >= 4 is 17.7 Å². The second kappa shape index (κ2) is 6.68. The Kier molecular flexibility index (Phi) is 4.56. The minimum Gasteiger partial charge on any atom is -0.487 e. The van der Waals surface area contributed by atoms with E-state index >= 15 is 0 Å². The fourth-order valence-corrected chi connectivity index (χ4v) is 3.11. The average Bonchev–Trinajstić information content (AvgIpc) is 2.89. The van der Waals surface area contributed by atoms with Gasteiger partial charge in [-0.2, -0.15) is 5.26 Å². The van der Waals surface area contributed by atoms with Crippen LogP contribution in [0.25, 0.3) is 6.08 Å². The van der Waals surface area contributed by atoms with Gasteiger partial charge in [0.05, 0.1) is 0 Å². The van der Waals surface area contributed by atoms with E-state index in [1.54, 1.807) is 6.08 Å². The molecule has 0 radical (unpaired) electrons. The van der Waals surface area contributed by atoms with Gasteiger partial charge in [-0.25, -0.2) is 0 Å². The zero-order valence-corrected chi connectivity index (χ0v) is 15.5. The predicted molar refractivity (Wildman–Crippen MR) is 103 cm³/mol. The number of rotatable bonds is 3. The Hall–Kier alpha value is -3.06. The van der Waals surface area contributed by atoms with Crippen LogP contribution in [0.2, 0.25) is 0 Å². The van der Waals surface area contributed by atoms with E-state index < -0.39 is 5.91 Å². The number of nitriles is 1. The molecule has 26 heavy (non-hydrogen) atoms. The predicted octanol–water partition coefficient (Wildman–Crippen LogP) is 4.56. The summed E-state index contributed by atoms with van der Waals surface area (Å²) in [7, 11) is 0.